The largest absolute Gasteiger partial charge is 0.294 e. The fourth-order valence-corrected chi connectivity index (χ4v) is 2.25. The molecule has 2 heterocycles. The van der Waals surface area contributed by atoms with Crippen molar-refractivity contribution in [2.45, 2.75) is 5.16 Å². The van der Waals surface area contributed by atoms with E-state index in [0.29, 0.717) is 11.1 Å². The lowest BCUT2D eigenvalue weighted by Gasteiger charge is -2.03. The summed E-state index contributed by atoms with van der Waals surface area (Å²) in [5, 5.41) is 20.8. The van der Waals surface area contributed by atoms with Gasteiger partial charge in [0.05, 0.1) is 11.4 Å². The van der Waals surface area contributed by atoms with Crippen molar-refractivity contribution >= 4 is 23.6 Å². The predicted octanol–water partition coefficient (Wildman–Crippen LogP) is 0.511. The number of tetrazole rings is 1. The number of benzene rings is 1. The van der Waals surface area contributed by atoms with Gasteiger partial charge in [0.15, 0.2) is 0 Å². The van der Waals surface area contributed by atoms with Crippen molar-refractivity contribution in [3.8, 4) is 5.69 Å². The topological polar surface area (TPSA) is 114 Å². The molecule has 1 aromatic carbocycles. The zero-order valence-corrected chi connectivity index (χ0v) is 11.5. The number of nitrogens with zero attached hydrogens (tertiary/aromatic N) is 6. The van der Waals surface area contributed by atoms with E-state index in [-0.39, 0.29) is 11.7 Å². The minimum atomic E-state index is -0.223. The SMILES string of the molecule is O=C(CSc1nnnn1-c1ccccc1)Nc1ncn[nH]1. The van der Waals surface area contributed by atoms with Gasteiger partial charge < -0.3 is 0 Å². The molecule has 0 radical (unpaired) electrons. The first-order valence-electron chi connectivity index (χ1n) is 5.95. The number of para-hydroxylation sites is 1. The molecule has 1 amide bonds. The average molecular weight is 302 g/mol. The van der Waals surface area contributed by atoms with E-state index < -0.39 is 0 Å². The van der Waals surface area contributed by atoms with Gasteiger partial charge in [-0.3, -0.25) is 10.1 Å². The van der Waals surface area contributed by atoms with Crippen molar-refractivity contribution < 1.29 is 4.79 Å². The molecule has 0 bridgehead atoms. The number of anilines is 1. The van der Waals surface area contributed by atoms with Crippen molar-refractivity contribution in [2.24, 2.45) is 0 Å². The first kappa shape index (κ1) is 13.2. The summed E-state index contributed by atoms with van der Waals surface area (Å²) in [6, 6.07) is 9.46. The van der Waals surface area contributed by atoms with Crippen LogP contribution < -0.4 is 5.32 Å². The number of H-pyrrole nitrogens is 1. The second-order valence-corrected chi connectivity index (χ2v) is 4.82. The number of hydrogen-bond donors (Lipinski definition) is 2. The molecule has 0 spiro atoms. The number of amides is 1. The number of carbonyl (C=O) groups is 1. The smallest absolute Gasteiger partial charge is 0.237 e. The maximum Gasteiger partial charge on any atom is 0.237 e. The first-order valence-corrected chi connectivity index (χ1v) is 6.93. The van der Waals surface area contributed by atoms with Gasteiger partial charge in [-0.25, -0.2) is 5.10 Å². The van der Waals surface area contributed by atoms with Gasteiger partial charge in [-0.15, -0.1) is 5.10 Å². The second-order valence-electron chi connectivity index (χ2n) is 3.88. The van der Waals surface area contributed by atoms with E-state index in [1.165, 1.54) is 18.1 Å². The molecule has 3 aromatic rings. The molecular weight excluding hydrogens is 292 g/mol. The average Bonchev–Trinajstić information content (AvgIpc) is 3.17. The van der Waals surface area contributed by atoms with Gasteiger partial charge in [0.25, 0.3) is 0 Å². The van der Waals surface area contributed by atoms with E-state index >= 15 is 0 Å². The highest BCUT2D eigenvalue weighted by atomic mass is 32.2. The van der Waals surface area contributed by atoms with Crippen LogP contribution in [0.3, 0.4) is 0 Å². The number of thioether (sulfide) groups is 1. The van der Waals surface area contributed by atoms with Crippen LogP contribution in [0.2, 0.25) is 0 Å². The van der Waals surface area contributed by atoms with Crippen LogP contribution in [-0.4, -0.2) is 47.0 Å². The fourth-order valence-electron chi connectivity index (χ4n) is 1.56. The van der Waals surface area contributed by atoms with Gasteiger partial charge in [-0.2, -0.15) is 14.8 Å². The molecule has 0 saturated heterocycles. The van der Waals surface area contributed by atoms with Crippen molar-refractivity contribution in [3.05, 3.63) is 36.7 Å². The molecule has 0 fully saturated rings. The number of carbonyl (C=O) groups excluding carboxylic acids is 1. The van der Waals surface area contributed by atoms with Crippen LogP contribution in [0, 0.1) is 0 Å². The molecule has 9 nitrogen and oxygen atoms in total. The summed E-state index contributed by atoms with van der Waals surface area (Å²) in [6.45, 7) is 0. The Morgan fingerprint density at radius 3 is 2.95 bits per heavy atom. The van der Waals surface area contributed by atoms with Crippen LogP contribution in [0.4, 0.5) is 5.95 Å². The lowest BCUT2D eigenvalue weighted by molar-refractivity contribution is -0.113. The normalized spacial score (nSPS) is 10.5. The molecule has 0 aliphatic heterocycles. The Labute approximate surface area is 123 Å². The summed E-state index contributed by atoms with van der Waals surface area (Å²) in [4.78, 5) is 15.6. The fraction of sp³-hybridized carbons (Fsp3) is 0.0909. The molecule has 0 unspecified atom stereocenters. The van der Waals surface area contributed by atoms with E-state index in [4.69, 9.17) is 0 Å². The van der Waals surface area contributed by atoms with Crippen LogP contribution >= 0.6 is 11.8 Å². The number of aromatic nitrogens is 7. The van der Waals surface area contributed by atoms with Crippen molar-refractivity contribution in [1.82, 2.24) is 35.4 Å². The summed E-state index contributed by atoms with van der Waals surface area (Å²) in [6.07, 6.45) is 1.32. The zero-order chi connectivity index (χ0) is 14.5. The van der Waals surface area contributed by atoms with Gasteiger partial charge >= 0.3 is 0 Å². The minimum Gasteiger partial charge on any atom is -0.294 e. The van der Waals surface area contributed by atoms with E-state index in [0.717, 1.165) is 5.69 Å². The van der Waals surface area contributed by atoms with E-state index in [1.54, 1.807) is 4.68 Å². The van der Waals surface area contributed by atoms with Gasteiger partial charge in [-0.05, 0) is 22.6 Å². The molecule has 106 valence electrons. The van der Waals surface area contributed by atoms with Gasteiger partial charge in [0.1, 0.15) is 6.33 Å². The quantitative estimate of drug-likeness (QED) is 0.660. The Bertz CT molecular complexity index is 711. The van der Waals surface area contributed by atoms with Crippen LogP contribution in [0.1, 0.15) is 0 Å². The van der Waals surface area contributed by atoms with Gasteiger partial charge in [0.2, 0.25) is 17.0 Å². The Kier molecular flexibility index (Phi) is 3.87. The highest BCUT2D eigenvalue weighted by Crippen LogP contribution is 2.17. The Morgan fingerprint density at radius 1 is 1.33 bits per heavy atom. The van der Waals surface area contributed by atoms with Crippen molar-refractivity contribution in [3.63, 3.8) is 0 Å². The number of rotatable bonds is 5. The van der Waals surface area contributed by atoms with Crippen LogP contribution in [0.25, 0.3) is 5.69 Å². The third-order valence-electron chi connectivity index (χ3n) is 2.45. The van der Waals surface area contributed by atoms with Crippen LogP contribution in [0.15, 0.2) is 41.8 Å². The van der Waals surface area contributed by atoms with Crippen molar-refractivity contribution in [1.29, 1.82) is 0 Å². The Morgan fingerprint density at radius 2 is 2.19 bits per heavy atom. The highest BCUT2D eigenvalue weighted by molar-refractivity contribution is 7.99. The number of aromatic amines is 1. The molecule has 0 atom stereocenters. The predicted molar refractivity (Wildman–Crippen MR) is 74.9 cm³/mol. The molecule has 0 aliphatic rings. The van der Waals surface area contributed by atoms with Crippen LogP contribution in [-0.2, 0) is 4.79 Å². The number of hydrogen-bond acceptors (Lipinski definition) is 7. The van der Waals surface area contributed by atoms with Crippen LogP contribution in [0.5, 0.6) is 0 Å². The molecule has 10 heteroatoms. The lowest BCUT2D eigenvalue weighted by atomic mass is 10.3. The van der Waals surface area contributed by atoms with E-state index in [1.807, 2.05) is 30.3 Å². The first-order chi connectivity index (χ1) is 10.3. The zero-order valence-electron chi connectivity index (χ0n) is 10.7. The summed E-state index contributed by atoms with van der Waals surface area (Å²) < 4.78 is 1.58. The van der Waals surface area contributed by atoms with Gasteiger partial charge in [0, 0.05) is 0 Å². The summed E-state index contributed by atoms with van der Waals surface area (Å²) in [7, 11) is 0. The maximum absolute atomic E-state index is 11.8. The number of nitrogens with one attached hydrogen (secondary N) is 2. The molecule has 0 saturated carbocycles. The lowest BCUT2D eigenvalue weighted by Crippen LogP contribution is -2.15. The maximum atomic E-state index is 11.8. The summed E-state index contributed by atoms with van der Waals surface area (Å²) >= 11 is 1.23. The Hall–Kier alpha value is -2.75. The molecule has 2 N–H and O–H groups in total. The van der Waals surface area contributed by atoms with Gasteiger partial charge in [-0.1, -0.05) is 30.0 Å². The molecule has 0 aliphatic carbocycles. The third-order valence-corrected chi connectivity index (χ3v) is 3.37. The monoisotopic (exact) mass is 302 g/mol. The molecular formula is C11H10N8OS. The van der Waals surface area contributed by atoms with Crippen molar-refractivity contribution in [2.75, 3.05) is 11.1 Å². The van der Waals surface area contributed by atoms with E-state index in [2.05, 4.69) is 36.0 Å². The third kappa shape index (κ3) is 3.23. The molecule has 3 rings (SSSR count). The Balaban J connectivity index is 1.64. The second kappa shape index (κ2) is 6.13. The standard InChI is InChI=1S/C11H10N8OS/c20-9(14-10-12-7-13-15-10)6-21-11-16-17-18-19(11)8-4-2-1-3-5-8/h1-5,7H,6H2,(H2,12,13,14,15,20). The molecule has 21 heavy (non-hydrogen) atoms. The minimum absolute atomic E-state index is 0.161. The summed E-state index contributed by atoms with van der Waals surface area (Å²) in [5.41, 5.74) is 0.834. The summed E-state index contributed by atoms with van der Waals surface area (Å²) in [5.74, 6) is 0.246. The highest BCUT2D eigenvalue weighted by Gasteiger charge is 2.12. The molecule has 2 aromatic heterocycles. The van der Waals surface area contributed by atoms with E-state index in [9.17, 15) is 4.79 Å².